The number of hydrogen-bond acceptors (Lipinski definition) is 4. The molecule has 1 amide bonds. The lowest BCUT2D eigenvalue weighted by Crippen LogP contribution is -2.38. The lowest BCUT2D eigenvalue weighted by Gasteiger charge is -2.37. The largest absolute Gasteiger partial charge is 0.334 e. The standard InChI is InChI=1S/C38H30F2N4O2S/c39-29-20-21-34(35(40)22-29)36(45)32-18-10-11-19-33(32)37(46)44-25-31(23-30(44)24-42-43-41)47-38(26-12-4-1-5-13-26,27-14-6-2-7-15-27)28-16-8-3-9-17-28/h1-22,30-31H,23-25H2. The predicted molar refractivity (Wildman–Crippen MR) is 180 cm³/mol. The minimum atomic E-state index is -1.00. The molecule has 0 bridgehead atoms. The van der Waals surface area contributed by atoms with Crippen molar-refractivity contribution in [2.45, 2.75) is 22.5 Å². The number of carbonyl (C=O) groups excluding carboxylic acids is 2. The molecule has 1 fully saturated rings. The Morgan fingerprint density at radius 2 is 1.30 bits per heavy atom. The fourth-order valence-corrected chi connectivity index (χ4v) is 8.20. The van der Waals surface area contributed by atoms with Crippen LogP contribution in [0.2, 0.25) is 0 Å². The molecule has 1 aliphatic heterocycles. The summed E-state index contributed by atoms with van der Waals surface area (Å²) in [6.45, 7) is 0.369. The Morgan fingerprint density at radius 1 is 0.766 bits per heavy atom. The molecular formula is C38H30F2N4O2S. The highest BCUT2D eigenvalue weighted by Crippen LogP contribution is 2.52. The van der Waals surface area contributed by atoms with Crippen LogP contribution in [-0.2, 0) is 4.75 Å². The van der Waals surface area contributed by atoms with E-state index in [1.165, 1.54) is 12.1 Å². The number of ketones is 1. The third-order valence-electron chi connectivity index (χ3n) is 8.45. The van der Waals surface area contributed by atoms with Gasteiger partial charge in [0.1, 0.15) is 11.6 Å². The molecule has 6 nitrogen and oxygen atoms in total. The molecule has 2 unspecified atom stereocenters. The van der Waals surface area contributed by atoms with E-state index in [0.717, 1.165) is 28.8 Å². The van der Waals surface area contributed by atoms with Crippen LogP contribution in [0.25, 0.3) is 10.4 Å². The fraction of sp³-hybridized carbons (Fsp3) is 0.158. The van der Waals surface area contributed by atoms with Gasteiger partial charge >= 0.3 is 0 Å². The highest BCUT2D eigenvalue weighted by atomic mass is 32.2. The highest BCUT2D eigenvalue weighted by molar-refractivity contribution is 8.01. The molecule has 1 aliphatic rings. The van der Waals surface area contributed by atoms with Crippen LogP contribution >= 0.6 is 11.8 Å². The number of azide groups is 1. The summed E-state index contributed by atoms with van der Waals surface area (Å²) in [7, 11) is 0. The van der Waals surface area contributed by atoms with Crippen molar-refractivity contribution in [3.05, 3.63) is 189 Å². The number of carbonyl (C=O) groups is 2. The molecule has 0 aromatic heterocycles. The Balaban J connectivity index is 1.39. The van der Waals surface area contributed by atoms with Gasteiger partial charge in [0.05, 0.1) is 15.9 Å². The molecule has 47 heavy (non-hydrogen) atoms. The third-order valence-corrected chi connectivity index (χ3v) is 10.2. The maximum absolute atomic E-state index is 14.6. The topological polar surface area (TPSA) is 86.1 Å². The lowest BCUT2D eigenvalue weighted by molar-refractivity contribution is 0.0737. The second kappa shape index (κ2) is 14.0. The molecular weight excluding hydrogens is 615 g/mol. The molecule has 0 N–H and O–H groups in total. The van der Waals surface area contributed by atoms with Gasteiger partial charge in [-0.05, 0) is 46.8 Å². The van der Waals surface area contributed by atoms with Crippen LogP contribution < -0.4 is 0 Å². The molecule has 6 rings (SSSR count). The number of likely N-dealkylation sites (tertiary alicyclic amines) is 1. The molecule has 5 aromatic rings. The normalized spacial score (nSPS) is 16.0. The summed E-state index contributed by atoms with van der Waals surface area (Å²) < 4.78 is 27.6. The van der Waals surface area contributed by atoms with E-state index in [2.05, 4.69) is 46.4 Å². The molecule has 0 spiro atoms. The zero-order valence-electron chi connectivity index (χ0n) is 25.2. The van der Waals surface area contributed by atoms with Gasteiger partial charge in [-0.25, -0.2) is 8.78 Å². The summed E-state index contributed by atoms with van der Waals surface area (Å²) in [6.07, 6.45) is 0.534. The van der Waals surface area contributed by atoms with Crippen LogP contribution in [0.1, 0.15) is 49.4 Å². The van der Waals surface area contributed by atoms with Crippen molar-refractivity contribution in [2.75, 3.05) is 13.1 Å². The van der Waals surface area contributed by atoms with E-state index in [-0.39, 0.29) is 28.5 Å². The van der Waals surface area contributed by atoms with Crippen molar-refractivity contribution in [3.63, 3.8) is 0 Å². The first-order chi connectivity index (χ1) is 22.9. The van der Waals surface area contributed by atoms with Gasteiger partial charge in [-0.1, -0.05) is 114 Å². The maximum Gasteiger partial charge on any atom is 0.254 e. The van der Waals surface area contributed by atoms with Gasteiger partial charge in [0.25, 0.3) is 5.91 Å². The SMILES string of the molecule is [N-]=[N+]=NCC1CC(SC(c2ccccc2)(c2ccccc2)c2ccccc2)CN1C(=O)c1ccccc1C(=O)c1ccc(F)cc1F. The van der Waals surface area contributed by atoms with Crippen LogP contribution in [0.4, 0.5) is 8.78 Å². The van der Waals surface area contributed by atoms with Gasteiger partial charge in [-0.3, -0.25) is 9.59 Å². The second-order valence-electron chi connectivity index (χ2n) is 11.3. The number of benzene rings is 5. The quantitative estimate of drug-likeness (QED) is 0.0501. The number of halogens is 2. The van der Waals surface area contributed by atoms with Gasteiger partial charge in [-0.15, -0.1) is 11.8 Å². The number of hydrogen-bond donors (Lipinski definition) is 0. The van der Waals surface area contributed by atoms with E-state index < -0.39 is 34.1 Å². The molecule has 2 atom stereocenters. The molecule has 234 valence electrons. The Bertz CT molecular complexity index is 1840. The van der Waals surface area contributed by atoms with Crippen molar-refractivity contribution in [3.8, 4) is 0 Å². The smallest absolute Gasteiger partial charge is 0.254 e. The van der Waals surface area contributed by atoms with E-state index in [1.807, 2.05) is 54.6 Å². The molecule has 1 heterocycles. The van der Waals surface area contributed by atoms with Crippen molar-refractivity contribution in [2.24, 2.45) is 5.11 Å². The van der Waals surface area contributed by atoms with Crippen LogP contribution in [-0.4, -0.2) is 41.0 Å². The molecule has 5 aromatic carbocycles. The Hall–Kier alpha value is -5.24. The predicted octanol–water partition coefficient (Wildman–Crippen LogP) is 8.81. The van der Waals surface area contributed by atoms with Crippen molar-refractivity contribution < 1.29 is 18.4 Å². The summed E-state index contributed by atoms with van der Waals surface area (Å²) >= 11 is 1.74. The molecule has 0 radical (unpaired) electrons. The Kier molecular flexibility index (Phi) is 9.47. The lowest BCUT2D eigenvalue weighted by atomic mass is 9.84. The summed E-state index contributed by atoms with van der Waals surface area (Å²) in [5.74, 6) is -2.96. The molecule has 0 aliphatic carbocycles. The van der Waals surface area contributed by atoms with Crippen LogP contribution in [0.3, 0.4) is 0 Å². The number of rotatable bonds is 10. The van der Waals surface area contributed by atoms with Gasteiger partial charge in [-0.2, -0.15) is 0 Å². The number of thioether (sulfide) groups is 1. The summed E-state index contributed by atoms with van der Waals surface area (Å²) in [5.41, 5.74) is 12.2. The van der Waals surface area contributed by atoms with Crippen LogP contribution in [0.5, 0.6) is 0 Å². The van der Waals surface area contributed by atoms with E-state index in [9.17, 15) is 23.9 Å². The van der Waals surface area contributed by atoms with Crippen molar-refractivity contribution in [1.82, 2.24) is 4.90 Å². The van der Waals surface area contributed by atoms with Gasteiger partial charge in [0.2, 0.25) is 0 Å². The fourth-order valence-electron chi connectivity index (χ4n) is 6.33. The van der Waals surface area contributed by atoms with Crippen LogP contribution in [0, 0.1) is 11.6 Å². The first-order valence-electron chi connectivity index (χ1n) is 15.2. The monoisotopic (exact) mass is 644 g/mol. The van der Waals surface area contributed by atoms with E-state index in [4.69, 9.17) is 0 Å². The average molecular weight is 645 g/mol. The number of amides is 1. The van der Waals surface area contributed by atoms with E-state index in [1.54, 1.807) is 28.8 Å². The Morgan fingerprint density at radius 3 is 1.83 bits per heavy atom. The third kappa shape index (κ3) is 6.41. The summed E-state index contributed by atoms with van der Waals surface area (Å²) in [5, 5.41) is 3.73. The van der Waals surface area contributed by atoms with Crippen molar-refractivity contribution in [1.29, 1.82) is 0 Å². The van der Waals surface area contributed by atoms with Gasteiger partial charge in [0.15, 0.2) is 5.78 Å². The zero-order chi connectivity index (χ0) is 32.8. The maximum atomic E-state index is 14.6. The molecule has 1 saturated heterocycles. The number of nitrogens with zero attached hydrogens (tertiary/aromatic N) is 4. The van der Waals surface area contributed by atoms with Crippen LogP contribution in [0.15, 0.2) is 139 Å². The minimum Gasteiger partial charge on any atom is -0.334 e. The first kappa shape index (κ1) is 31.7. The minimum absolute atomic E-state index is 0.00819. The molecule has 9 heteroatoms. The first-order valence-corrected chi connectivity index (χ1v) is 16.1. The molecule has 0 saturated carbocycles. The second-order valence-corrected chi connectivity index (χ2v) is 12.8. The average Bonchev–Trinajstić information content (AvgIpc) is 3.52. The zero-order valence-corrected chi connectivity index (χ0v) is 26.1. The van der Waals surface area contributed by atoms with E-state index in [0.29, 0.717) is 19.0 Å². The van der Waals surface area contributed by atoms with E-state index >= 15 is 0 Å². The van der Waals surface area contributed by atoms with Crippen molar-refractivity contribution >= 4 is 23.5 Å². The van der Waals surface area contributed by atoms with Gasteiger partial charge in [0, 0.05) is 40.9 Å². The summed E-state index contributed by atoms with van der Waals surface area (Å²) in [4.78, 5) is 32.4. The van der Waals surface area contributed by atoms with Gasteiger partial charge < -0.3 is 4.90 Å². The summed E-state index contributed by atoms with van der Waals surface area (Å²) in [6, 6.07) is 39.2. The Labute approximate surface area is 275 Å². The highest BCUT2D eigenvalue weighted by Gasteiger charge is 2.44.